The molecule has 1 atom stereocenters. The Balaban J connectivity index is 1.59. The Bertz CT molecular complexity index is 946. The van der Waals surface area contributed by atoms with Gasteiger partial charge in [0, 0.05) is 21.7 Å². The van der Waals surface area contributed by atoms with Crippen molar-refractivity contribution in [2.75, 3.05) is 5.32 Å². The highest BCUT2D eigenvalue weighted by atomic mass is 35.5. The molecule has 2 aromatic carbocycles. The fourth-order valence-electron chi connectivity index (χ4n) is 2.55. The van der Waals surface area contributed by atoms with Crippen molar-refractivity contribution < 1.29 is 18.7 Å². The zero-order chi connectivity index (χ0) is 18.7. The Hall–Kier alpha value is -2.79. The predicted octanol–water partition coefficient (Wildman–Crippen LogP) is 4.51. The van der Waals surface area contributed by atoms with Gasteiger partial charge in [0.25, 0.3) is 5.91 Å². The van der Waals surface area contributed by atoms with Crippen LogP contribution in [-0.4, -0.2) is 18.0 Å². The summed E-state index contributed by atoms with van der Waals surface area (Å²) in [6.45, 7) is 3.50. The van der Waals surface area contributed by atoms with Gasteiger partial charge in [-0.2, -0.15) is 0 Å². The Kier molecular flexibility index (Phi) is 5.28. The molecule has 0 radical (unpaired) electrons. The number of ether oxygens (including phenoxy) is 1. The molecule has 3 aromatic rings. The maximum atomic E-state index is 12.2. The summed E-state index contributed by atoms with van der Waals surface area (Å²) in [6.07, 6.45) is 0.664. The van der Waals surface area contributed by atoms with Gasteiger partial charge >= 0.3 is 5.97 Å². The first-order valence-electron chi connectivity index (χ1n) is 8.15. The fourth-order valence-corrected chi connectivity index (χ4v) is 2.68. The van der Waals surface area contributed by atoms with Crippen LogP contribution in [0.25, 0.3) is 11.0 Å². The summed E-state index contributed by atoms with van der Waals surface area (Å²) in [6, 6.07) is 12.5. The second-order valence-corrected chi connectivity index (χ2v) is 6.50. The first kappa shape index (κ1) is 18.0. The number of carbonyl (C=O) groups is 2. The van der Waals surface area contributed by atoms with Crippen LogP contribution in [0.15, 0.2) is 53.1 Å². The van der Waals surface area contributed by atoms with E-state index in [1.54, 1.807) is 30.5 Å². The van der Waals surface area contributed by atoms with Crippen LogP contribution in [0.3, 0.4) is 0 Å². The molecule has 5 nitrogen and oxygen atoms in total. The van der Waals surface area contributed by atoms with E-state index in [1.807, 2.05) is 25.1 Å². The zero-order valence-electron chi connectivity index (χ0n) is 14.4. The number of amides is 1. The van der Waals surface area contributed by atoms with E-state index in [4.69, 9.17) is 20.8 Å². The molecule has 134 valence electrons. The number of furan rings is 1. The average molecular weight is 372 g/mol. The molecule has 0 saturated heterocycles. The Morgan fingerprint density at radius 1 is 1.19 bits per heavy atom. The standard InChI is InChI=1S/C20H18ClNO4/c1-12-3-8-17-14(11-25-18(17)9-12)10-19(23)26-13(2)20(24)22-16-6-4-15(21)5-7-16/h3-9,11,13H,10H2,1-2H3,(H,22,24)/t13-/m0/s1. The highest BCUT2D eigenvalue weighted by Crippen LogP contribution is 2.23. The molecule has 0 aliphatic rings. The maximum Gasteiger partial charge on any atom is 0.311 e. The van der Waals surface area contributed by atoms with E-state index in [2.05, 4.69) is 5.32 Å². The predicted molar refractivity (Wildman–Crippen MR) is 100 cm³/mol. The topological polar surface area (TPSA) is 68.5 Å². The number of rotatable bonds is 5. The normalized spacial score (nSPS) is 12.0. The first-order valence-corrected chi connectivity index (χ1v) is 8.53. The number of hydrogen-bond acceptors (Lipinski definition) is 4. The van der Waals surface area contributed by atoms with Crippen molar-refractivity contribution >= 4 is 40.1 Å². The van der Waals surface area contributed by atoms with Crippen molar-refractivity contribution in [2.24, 2.45) is 0 Å². The molecule has 3 rings (SSSR count). The van der Waals surface area contributed by atoms with Crippen LogP contribution in [0.1, 0.15) is 18.1 Å². The van der Waals surface area contributed by atoms with Gasteiger partial charge in [-0.1, -0.05) is 23.7 Å². The molecule has 1 aromatic heterocycles. The number of fused-ring (bicyclic) bond motifs is 1. The lowest BCUT2D eigenvalue weighted by Gasteiger charge is -2.13. The van der Waals surface area contributed by atoms with Crippen LogP contribution in [0.2, 0.25) is 5.02 Å². The SMILES string of the molecule is Cc1ccc2c(CC(=O)O[C@@H](C)C(=O)Nc3ccc(Cl)cc3)coc2c1. The van der Waals surface area contributed by atoms with Gasteiger partial charge in [0.2, 0.25) is 0 Å². The number of aryl methyl sites for hydroxylation is 1. The molecule has 1 amide bonds. The second-order valence-electron chi connectivity index (χ2n) is 6.07. The number of benzene rings is 2. The highest BCUT2D eigenvalue weighted by molar-refractivity contribution is 6.30. The van der Waals surface area contributed by atoms with Gasteiger partial charge in [0.05, 0.1) is 12.7 Å². The average Bonchev–Trinajstić information content (AvgIpc) is 2.98. The second kappa shape index (κ2) is 7.62. The monoisotopic (exact) mass is 371 g/mol. The van der Waals surface area contributed by atoms with Gasteiger partial charge in [0.15, 0.2) is 6.10 Å². The Morgan fingerprint density at radius 2 is 1.92 bits per heavy atom. The lowest BCUT2D eigenvalue weighted by atomic mass is 10.1. The molecule has 0 unspecified atom stereocenters. The van der Waals surface area contributed by atoms with Crippen LogP contribution in [0.4, 0.5) is 5.69 Å². The van der Waals surface area contributed by atoms with Crippen molar-refractivity contribution in [1.82, 2.24) is 0 Å². The third-order valence-electron chi connectivity index (χ3n) is 3.94. The lowest BCUT2D eigenvalue weighted by Crippen LogP contribution is -2.30. The molecule has 0 aliphatic carbocycles. The third-order valence-corrected chi connectivity index (χ3v) is 4.19. The number of halogens is 1. The third kappa shape index (κ3) is 4.24. The van der Waals surface area contributed by atoms with Crippen molar-refractivity contribution in [3.05, 3.63) is 64.9 Å². The largest absolute Gasteiger partial charge is 0.464 e. The molecular weight excluding hydrogens is 354 g/mol. The quantitative estimate of drug-likeness (QED) is 0.670. The van der Waals surface area contributed by atoms with Crippen LogP contribution < -0.4 is 5.32 Å². The van der Waals surface area contributed by atoms with Gasteiger partial charge in [-0.15, -0.1) is 0 Å². The van der Waals surface area contributed by atoms with Crippen molar-refractivity contribution in [1.29, 1.82) is 0 Å². The molecular formula is C20H18ClNO4. The minimum atomic E-state index is -0.918. The van der Waals surface area contributed by atoms with Gasteiger partial charge < -0.3 is 14.5 Å². The van der Waals surface area contributed by atoms with Gasteiger partial charge in [-0.25, -0.2) is 0 Å². The smallest absolute Gasteiger partial charge is 0.311 e. The minimum Gasteiger partial charge on any atom is -0.464 e. The summed E-state index contributed by atoms with van der Waals surface area (Å²) in [5.74, 6) is -0.902. The Labute approximate surface area is 155 Å². The van der Waals surface area contributed by atoms with Crippen molar-refractivity contribution in [3.63, 3.8) is 0 Å². The molecule has 0 bridgehead atoms. The first-order chi connectivity index (χ1) is 12.4. The number of nitrogens with one attached hydrogen (secondary N) is 1. The van der Waals surface area contributed by atoms with Crippen LogP contribution in [0, 0.1) is 6.92 Å². The van der Waals surface area contributed by atoms with Crippen molar-refractivity contribution in [3.8, 4) is 0 Å². The highest BCUT2D eigenvalue weighted by Gasteiger charge is 2.19. The molecule has 0 aliphatic heterocycles. The number of hydrogen-bond donors (Lipinski definition) is 1. The molecule has 1 heterocycles. The van der Waals surface area contributed by atoms with E-state index in [0.29, 0.717) is 10.7 Å². The van der Waals surface area contributed by atoms with Crippen LogP contribution in [-0.2, 0) is 20.7 Å². The maximum absolute atomic E-state index is 12.2. The van der Waals surface area contributed by atoms with Crippen LogP contribution >= 0.6 is 11.6 Å². The molecule has 1 N–H and O–H groups in total. The van der Waals surface area contributed by atoms with E-state index in [-0.39, 0.29) is 6.42 Å². The van der Waals surface area contributed by atoms with E-state index < -0.39 is 18.0 Å². The van der Waals surface area contributed by atoms with Gasteiger partial charge in [-0.05, 0) is 49.7 Å². The molecule has 0 spiro atoms. The fraction of sp³-hybridized carbons (Fsp3) is 0.200. The summed E-state index contributed by atoms with van der Waals surface area (Å²) < 4.78 is 10.7. The molecule has 26 heavy (non-hydrogen) atoms. The molecule has 0 saturated carbocycles. The van der Waals surface area contributed by atoms with Crippen molar-refractivity contribution in [2.45, 2.75) is 26.4 Å². The summed E-state index contributed by atoms with van der Waals surface area (Å²) >= 11 is 5.81. The van der Waals surface area contributed by atoms with E-state index >= 15 is 0 Å². The number of anilines is 1. The summed E-state index contributed by atoms with van der Waals surface area (Å²) in [7, 11) is 0. The molecule has 0 fully saturated rings. The van der Waals surface area contributed by atoms with E-state index in [1.165, 1.54) is 6.92 Å². The molecule has 6 heteroatoms. The van der Waals surface area contributed by atoms with Gasteiger partial charge in [0.1, 0.15) is 5.58 Å². The van der Waals surface area contributed by atoms with E-state index in [9.17, 15) is 9.59 Å². The lowest BCUT2D eigenvalue weighted by molar-refractivity contribution is -0.152. The van der Waals surface area contributed by atoms with Crippen LogP contribution in [0.5, 0.6) is 0 Å². The van der Waals surface area contributed by atoms with Gasteiger partial charge in [-0.3, -0.25) is 9.59 Å². The summed E-state index contributed by atoms with van der Waals surface area (Å²) in [5.41, 5.74) is 3.11. The zero-order valence-corrected chi connectivity index (χ0v) is 15.2. The summed E-state index contributed by atoms with van der Waals surface area (Å²) in [4.78, 5) is 24.3. The minimum absolute atomic E-state index is 0.0363. The number of carbonyl (C=O) groups excluding carboxylic acids is 2. The Morgan fingerprint density at radius 3 is 2.65 bits per heavy atom. The number of esters is 1. The van der Waals surface area contributed by atoms with E-state index in [0.717, 1.165) is 22.1 Å². The summed E-state index contributed by atoms with van der Waals surface area (Å²) in [5, 5.41) is 4.12.